The number of nitrogens with zero attached hydrogens (tertiary/aromatic N) is 1. The number of hydrogen-bond acceptors (Lipinski definition) is 5. The summed E-state index contributed by atoms with van der Waals surface area (Å²) in [5, 5.41) is 18.7. The number of nitriles is 1. The number of aryl methyl sites for hydroxylation is 2. The zero-order valence-electron chi connectivity index (χ0n) is 11.5. The summed E-state index contributed by atoms with van der Waals surface area (Å²) < 4.78 is 9.98. The maximum absolute atomic E-state index is 11.3. The Morgan fingerprint density at radius 1 is 1.42 bits per heavy atom. The molecule has 0 bridgehead atoms. The van der Waals surface area contributed by atoms with Crippen LogP contribution in [0.15, 0.2) is 12.1 Å². The van der Waals surface area contributed by atoms with E-state index in [1.54, 1.807) is 26.0 Å². The van der Waals surface area contributed by atoms with Crippen molar-refractivity contribution >= 4 is 5.97 Å². The average Bonchev–Trinajstić information content (AvgIpc) is 2.36. The second kappa shape index (κ2) is 5.72. The Morgan fingerprint density at radius 2 is 1.95 bits per heavy atom. The van der Waals surface area contributed by atoms with Crippen LogP contribution in [0.2, 0.25) is 0 Å². The largest absolute Gasteiger partial charge is 0.489 e. The molecule has 1 aromatic carbocycles. The first-order chi connectivity index (χ1) is 8.81. The van der Waals surface area contributed by atoms with Crippen molar-refractivity contribution in [2.24, 2.45) is 0 Å². The number of esters is 1. The van der Waals surface area contributed by atoms with Gasteiger partial charge in [-0.1, -0.05) is 0 Å². The van der Waals surface area contributed by atoms with Crippen molar-refractivity contribution in [3.05, 3.63) is 28.8 Å². The molecule has 0 aliphatic carbocycles. The third-order valence-corrected chi connectivity index (χ3v) is 2.71. The molecule has 0 heterocycles. The SMILES string of the molecule is COC(=O)C(C)(O)COc1c(C)cc(C#N)cc1C. The smallest absolute Gasteiger partial charge is 0.341 e. The van der Waals surface area contributed by atoms with Gasteiger partial charge in [-0.05, 0) is 44.0 Å². The zero-order chi connectivity index (χ0) is 14.6. The van der Waals surface area contributed by atoms with Crippen molar-refractivity contribution in [3.8, 4) is 11.8 Å². The number of benzene rings is 1. The minimum Gasteiger partial charge on any atom is -0.489 e. The van der Waals surface area contributed by atoms with Crippen LogP contribution < -0.4 is 4.74 Å². The van der Waals surface area contributed by atoms with E-state index in [0.717, 1.165) is 11.1 Å². The van der Waals surface area contributed by atoms with E-state index < -0.39 is 11.6 Å². The second-order valence-corrected chi connectivity index (χ2v) is 4.61. The van der Waals surface area contributed by atoms with Gasteiger partial charge in [-0.15, -0.1) is 0 Å². The van der Waals surface area contributed by atoms with E-state index in [1.807, 2.05) is 0 Å². The highest BCUT2D eigenvalue weighted by atomic mass is 16.6. The lowest BCUT2D eigenvalue weighted by Crippen LogP contribution is -2.42. The van der Waals surface area contributed by atoms with Gasteiger partial charge in [-0.3, -0.25) is 0 Å². The molecule has 1 rings (SSSR count). The number of hydrogen-bond donors (Lipinski definition) is 1. The first kappa shape index (κ1) is 15.0. The third kappa shape index (κ3) is 3.46. The number of carbonyl (C=O) groups is 1. The van der Waals surface area contributed by atoms with Crippen LogP contribution in [0, 0.1) is 25.2 Å². The van der Waals surface area contributed by atoms with Crippen molar-refractivity contribution in [1.29, 1.82) is 5.26 Å². The highest BCUT2D eigenvalue weighted by Crippen LogP contribution is 2.25. The fraction of sp³-hybridized carbons (Fsp3) is 0.429. The summed E-state index contributed by atoms with van der Waals surface area (Å²) in [6, 6.07) is 5.44. The van der Waals surface area contributed by atoms with Crippen LogP contribution in [-0.2, 0) is 9.53 Å². The fourth-order valence-corrected chi connectivity index (χ4v) is 1.73. The molecular formula is C14H17NO4. The molecule has 0 saturated heterocycles. The van der Waals surface area contributed by atoms with E-state index in [9.17, 15) is 9.90 Å². The molecule has 5 heteroatoms. The molecule has 0 amide bonds. The van der Waals surface area contributed by atoms with Gasteiger partial charge in [0.2, 0.25) is 0 Å². The monoisotopic (exact) mass is 263 g/mol. The van der Waals surface area contributed by atoms with Crippen LogP contribution in [0.25, 0.3) is 0 Å². The molecule has 0 fully saturated rings. The molecule has 0 aliphatic rings. The van der Waals surface area contributed by atoms with Crippen molar-refractivity contribution in [2.75, 3.05) is 13.7 Å². The molecular weight excluding hydrogens is 246 g/mol. The van der Waals surface area contributed by atoms with Crippen LogP contribution in [0.1, 0.15) is 23.6 Å². The lowest BCUT2D eigenvalue weighted by molar-refractivity contribution is -0.163. The minimum absolute atomic E-state index is 0.215. The molecule has 19 heavy (non-hydrogen) atoms. The molecule has 102 valence electrons. The molecule has 1 aromatic rings. The summed E-state index contributed by atoms with van der Waals surface area (Å²) in [4.78, 5) is 11.3. The van der Waals surface area contributed by atoms with Gasteiger partial charge in [0.05, 0.1) is 18.7 Å². The summed E-state index contributed by atoms with van der Waals surface area (Å²) in [5.74, 6) is -0.195. The molecule has 0 aliphatic heterocycles. The number of ether oxygens (including phenoxy) is 2. The molecule has 0 spiro atoms. The van der Waals surface area contributed by atoms with E-state index in [0.29, 0.717) is 11.3 Å². The maximum atomic E-state index is 11.3. The molecule has 1 atom stereocenters. The number of rotatable bonds is 4. The van der Waals surface area contributed by atoms with E-state index in [2.05, 4.69) is 10.8 Å². The second-order valence-electron chi connectivity index (χ2n) is 4.61. The maximum Gasteiger partial charge on any atom is 0.341 e. The third-order valence-electron chi connectivity index (χ3n) is 2.71. The molecule has 1 N–H and O–H groups in total. The van der Waals surface area contributed by atoms with Gasteiger partial charge < -0.3 is 14.6 Å². The van der Waals surface area contributed by atoms with Gasteiger partial charge in [0, 0.05) is 0 Å². The predicted octanol–water partition coefficient (Wildman–Crippen LogP) is 1.48. The molecule has 0 aromatic heterocycles. The van der Waals surface area contributed by atoms with Gasteiger partial charge in [-0.25, -0.2) is 4.79 Å². The number of methoxy groups -OCH3 is 1. The first-order valence-corrected chi connectivity index (χ1v) is 5.76. The average molecular weight is 263 g/mol. The number of aliphatic hydroxyl groups is 1. The Bertz CT molecular complexity index is 506. The van der Waals surface area contributed by atoms with Gasteiger partial charge in [0.1, 0.15) is 12.4 Å². The van der Waals surface area contributed by atoms with E-state index >= 15 is 0 Å². The normalized spacial score (nSPS) is 13.3. The Balaban J connectivity index is 2.91. The molecule has 0 radical (unpaired) electrons. The highest BCUT2D eigenvalue weighted by Gasteiger charge is 2.32. The van der Waals surface area contributed by atoms with Gasteiger partial charge >= 0.3 is 5.97 Å². The lowest BCUT2D eigenvalue weighted by Gasteiger charge is -2.22. The van der Waals surface area contributed by atoms with Crippen LogP contribution in [0.5, 0.6) is 5.75 Å². The van der Waals surface area contributed by atoms with Crippen LogP contribution >= 0.6 is 0 Å². The quantitative estimate of drug-likeness (QED) is 0.832. The van der Waals surface area contributed by atoms with Crippen LogP contribution in [0.4, 0.5) is 0 Å². The van der Waals surface area contributed by atoms with Gasteiger partial charge in [0.15, 0.2) is 5.60 Å². The Hall–Kier alpha value is -2.06. The Morgan fingerprint density at radius 3 is 2.37 bits per heavy atom. The lowest BCUT2D eigenvalue weighted by atomic mass is 10.1. The first-order valence-electron chi connectivity index (χ1n) is 5.76. The van der Waals surface area contributed by atoms with Gasteiger partial charge in [-0.2, -0.15) is 5.26 Å². The highest BCUT2D eigenvalue weighted by molar-refractivity contribution is 5.78. The van der Waals surface area contributed by atoms with E-state index in [4.69, 9.17) is 10.00 Å². The minimum atomic E-state index is -1.71. The fourth-order valence-electron chi connectivity index (χ4n) is 1.73. The van der Waals surface area contributed by atoms with E-state index in [1.165, 1.54) is 14.0 Å². The summed E-state index contributed by atoms with van der Waals surface area (Å²) in [6.45, 7) is 4.71. The van der Waals surface area contributed by atoms with Crippen molar-refractivity contribution in [1.82, 2.24) is 0 Å². The predicted molar refractivity (Wildman–Crippen MR) is 68.8 cm³/mol. The Kier molecular flexibility index (Phi) is 4.52. The van der Waals surface area contributed by atoms with Crippen molar-refractivity contribution in [3.63, 3.8) is 0 Å². The topological polar surface area (TPSA) is 79.6 Å². The van der Waals surface area contributed by atoms with E-state index in [-0.39, 0.29) is 6.61 Å². The number of carbonyl (C=O) groups excluding carboxylic acids is 1. The standard InChI is InChI=1S/C14H17NO4/c1-9-5-11(7-15)6-10(2)12(9)19-8-14(3,17)13(16)18-4/h5-6,17H,8H2,1-4H3. The molecule has 5 nitrogen and oxygen atoms in total. The molecule has 1 unspecified atom stereocenters. The summed E-state index contributed by atoms with van der Waals surface area (Å²) in [5.41, 5.74) is 0.387. The summed E-state index contributed by atoms with van der Waals surface area (Å²) >= 11 is 0. The summed E-state index contributed by atoms with van der Waals surface area (Å²) in [7, 11) is 1.20. The van der Waals surface area contributed by atoms with Crippen molar-refractivity contribution < 1.29 is 19.4 Å². The molecule has 0 saturated carbocycles. The summed E-state index contributed by atoms with van der Waals surface area (Å²) in [6.07, 6.45) is 0. The van der Waals surface area contributed by atoms with Crippen LogP contribution in [-0.4, -0.2) is 30.4 Å². The zero-order valence-corrected chi connectivity index (χ0v) is 11.5. The van der Waals surface area contributed by atoms with Crippen molar-refractivity contribution in [2.45, 2.75) is 26.4 Å². The Labute approximate surface area is 112 Å². The van der Waals surface area contributed by atoms with Gasteiger partial charge in [0.25, 0.3) is 0 Å². The van der Waals surface area contributed by atoms with Crippen LogP contribution in [0.3, 0.4) is 0 Å².